The summed E-state index contributed by atoms with van der Waals surface area (Å²) in [4.78, 5) is 0. The number of nitrogens with zero attached hydrogens (tertiary/aromatic N) is 1. The lowest BCUT2D eigenvalue weighted by atomic mass is 9.27. The van der Waals surface area contributed by atoms with Crippen molar-refractivity contribution >= 4 is 34.0 Å². The van der Waals surface area contributed by atoms with Crippen LogP contribution in [0.1, 0.15) is 72.7 Å². The zero-order valence-electron chi connectivity index (χ0n) is 25.3. The zero-order chi connectivity index (χ0) is 28.9. The van der Waals surface area contributed by atoms with E-state index in [9.17, 15) is 0 Å². The van der Waals surface area contributed by atoms with Crippen LogP contribution in [0.25, 0.3) is 16.6 Å². The van der Waals surface area contributed by atoms with Gasteiger partial charge in [-0.25, -0.2) is 0 Å². The van der Waals surface area contributed by atoms with Gasteiger partial charge in [0.2, 0.25) is 6.71 Å². The first-order valence-electron chi connectivity index (χ1n) is 16.0. The van der Waals surface area contributed by atoms with Crippen LogP contribution in [-0.4, -0.2) is 11.3 Å². The topological polar surface area (TPSA) is 4.93 Å². The molecule has 0 radical (unpaired) electrons. The van der Waals surface area contributed by atoms with Crippen molar-refractivity contribution in [1.29, 1.82) is 0 Å². The Hall–Kier alpha value is -4.30. The second-order valence-electron chi connectivity index (χ2n) is 13.7. The number of aromatic nitrogens is 1. The lowest BCUT2D eigenvalue weighted by Crippen LogP contribution is -2.67. The molecule has 2 heteroatoms. The van der Waals surface area contributed by atoms with Crippen molar-refractivity contribution < 1.29 is 0 Å². The number of rotatable bonds is 2. The summed E-state index contributed by atoms with van der Waals surface area (Å²) >= 11 is 0. The van der Waals surface area contributed by atoms with E-state index in [0.717, 1.165) is 6.42 Å². The maximum Gasteiger partial charge on any atom is 0.242 e. The Balaban J connectivity index is 1.45. The van der Waals surface area contributed by atoms with E-state index in [2.05, 4.69) is 141 Å². The predicted octanol–water partition coefficient (Wildman–Crippen LogP) is 7.33. The first-order valence-corrected chi connectivity index (χ1v) is 16.0. The Morgan fingerprint density at radius 3 is 2.05 bits per heavy atom. The van der Waals surface area contributed by atoms with Gasteiger partial charge in [0, 0.05) is 27.6 Å². The SMILES string of the molecule is CC1(C)c2ccccc2B2c3ccccc3C(C)(c3ccccc3)c3cc(-n4c5c(c6ccccc64)CCCC5)cc1c32. The number of fused-ring (bicyclic) bond motifs is 7. The van der Waals surface area contributed by atoms with Gasteiger partial charge in [0.15, 0.2) is 0 Å². The van der Waals surface area contributed by atoms with E-state index in [-0.39, 0.29) is 17.5 Å². The third kappa shape index (κ3) is 3.25. The van der Waals surface area contributed by atoms with Crippen molar-refractivity contribution in [3.05, 3.63) is 154 Å². The Bertz CT molecular complexity index is 2080. The number of hydrogen-bond acceptors (Lipinski definition) is 0. The molecule has 0 bridgehead atoms. The monoisotopic (exact) mass is 553 g/mol. The Morgan fingerprint density at radius 1 is 0.605 bits per heavy atom. The highest BCUT2D eigenvalue weighted by Gasteiger charge is 2.50. The second-order valence-corrected chi connectivity index (χ2v) is 13.7. The first kappa shape index (κ1) is 25.2. The van der Waals surface area contributed by atoms with Crippen LogP contribution in [0.4, 0.5) is 0 Å². The van der Waals surface area contributed by atoms with E-state index in [4.69, 9.17) is 0 Å². The van der Waals surface area contributed by atoms with Crippen LogP contribution in [0.5, 0.6) is 0 Å². The minimum absolute atomic E-state index is 0.125. The molecule has 43 heavy (non-hydrogen) atoms. The first-order chi connectivity index (χ1) is 21.0. The molecule has 0 N–H and O–H groups in total. The van der Waals surface area contributed by atoms with Gasteiger partial charge in [-0.1, -0.05) is 127 Å². The van der Waals surface area contributed by atoms with Crippen LogP contribution in [0.15, 0.2) is 115 Å². The predicted molar refractivity (Wildman–Crippen MR) is 182 cm³/mol. The molecule has 0 amide bonds. The fourth-order valence-electron chi connectivity index (χ4n) is 9.17. The summed E-state index contributed by atoms with van der Waals surface area (Å²) < 4.78 is 2.64. The van der Waals surface area contributed by atoms with Gasteiger partial charge < -0.3 is 4.57 Å². The largest absolute Gasteiger partial charge is 0.313 e. The summed E-state index contributed by atoms with van der Waals surface area (Å²) in [6.07, 6.45) is 4.86. The van der Waals surface area contributed by atoms with Gasteiger partial charge in [0.05, 0.1) is 5.52 Å². The maximum absolute atomic E-state index is 2.64. The summed E-state index contributed by atoms with van der Waals surface area (Å²) in [7, 11) is 0. The normalized spacial score (nSPS) is 19.4. The van der Waals surface area contributed by atoms with Gasteiger partial charge in [-0.05, 0) is 84.2 Å². The number of para-hydroxylation sites is 1. The van der Waals surface area contributed by atoms with Crippen molar-refractivity contribution in [2.24, 2.45) is 0 Å². The molecule has 3 heterocycles. The standard InChI is InChI=1S/C41H36BN/c1-40(2)31-19-9-11-21-35(31)42-36-22-12-10-20-32(36)41(3,27-15-5-4-6-16-27)34-26-28(25-33(40)39(34)42)43-37-23-13-7-17-29(37)30-18-8-14-24-38(30)43/h4-7,9-13,15-17,19-23,25-26H,8,14,18,24H2,1-3H3. The molecule has 3 aliphatic rings. The average molecular weight is 554 g/mol. The van der Waals surface area contributed by atoms with E-state index < -0.39 is 0 Å². The Labute approximate surface area is 255 Å². The molecular formula is C41H36BN. The molecule has 1 aliphatic carbocycles. The van der Waals surface area contributed by atoms with Crippen molar-refractivity contribution in [3.8, 4) is 5.69 Å². The smallest absolute Gasteiger partial charge is 0.242 e. The zero-order valence-corrected chi connectivity index (χ0v) is 25.3. The maximum atomic E-state index is 2.64. The summed E-state index contributed by atoms with van der Waals surface area (Å²) in [5.74, 6) is 0. The van der Waals surface area contributed by atoms with Crippen LogP contribution < -0.4 is 16.4 Å². The summed E-state index contributed by atoms with van der Waals surface area (Å²) in [5, 5.41) is 1.43. The highest BCUT2D eigenvalue weighted by Crippen LogP contribution is 2.46. The molecule has 208 valence electrons. The van der Waals surface area contributed by atoms with Gasteiger partial charge in [-0.2, -0.15) is 0 Å². The number of aryl methyl sites for hydroxylation is 1. The molecule has 0 saturated heterocycles. The molecule has 1 aromatic heterocycles. The van der Waals surface area contributed by atoms with Crippen LogP contribution in [-0.2, 0) is 23.7 Å². The number of hydrogen-bond donors (Lipinski definition) is 0. The van der Waals surface area contributed by atoms with E-state index in [0.29, 0.717) is 0 Å². The lowest BCUT2D eigenvalue weighted by Gasteiger charge is -2.48. The van der Waals surface area contributed by atoms with Crippen LogP contribution in [0.3, 0.4) is 0 Å². The van der Waals surface area contributed by atoms with E-state index in [1.807, 2.05) is 0 Å². The van der Waals surface area contributed by atoms with E-state index in [1.54, 1.807) is 5.56 Å². The summed E-state index contributed by atoms with van der Waals surface area (Å²) in [5.41, 5.74) is 16.9. The quantitative estimate of drug-likeness (QED) is 0.198. The summed E-state index contributed by atoms with van der Waals surface area (Å²) in [6, 6.07) is 44.0. The molecule has 1 nitrogen and oxygen atoms in total. The highest BCUT2D eigenvalue weighted by molar-refractivity contribution is 6.97. The molecule has 0 spiro atoms. The van der Waals surface area contributed by atoms with Gasteiger partial charge in [-0.3, -0.25) is 0 Å². The molecule has 1 atom stereocenters. The van der Waals surface area contributed by atoms with Gasteiger partial charge in [0.1, 0.15) is 0 Å². The molecule has 0 saturated carbocycles. The van der Waals surface area contributed by atoms with E-state index >= 15 is 0 Å². The second kappa shape index (κ2) is 8.86. The van der Waals surface area contributed by atoms with Crippen molar-refractivity contribution in [2.45, 2.75) is 57.3 Å². The van der Waals surface area contributed by atoms with Crippen LogP contribution >= 0.6 is 0 Å². The molecule has 6 aromatic rings. The van der Waals surface area contributed by atoms with Crippen LogP contribution in [0, 0.1) is 0 Å². The fraction of sp³-hybridized carbons (Fsp3) is 0.220. The third-order valence-electron chi connectivity index (χ3n) is 11.2. The minimum atomic E-state index is -0.278. The van der Waals surface area contributed by atoms with Crippen molar-refractivity contribution in [2.75, 3.05) is 0 Å². The molecule has 1 unspecified atom stereocenters. The van der Waals surface area contributed by atoms with Crippen LogP contribution in [0.2, 0.25) is 0 Å². The van der Waals surface area contributed by atoms with E-state index in [1.165, 1.54) is 85.8 Å². The molecule has 0 fully saturated rings. The Kier molecular flexibility index (Phi) is 5.20. The summed E-state index contributed by atoms with van der Waals surface area (Å²) in [6.45, 7) is 7.61. The molecular weight excluding hydrogens is 517 g/mol. The van der Waals surface area contributed by atoms with Gasteiger partial charge >= 0.3 is 0 Å². The van der Waals surface area contributed by atoms with Gasteiger partial charge in [0.25, 0.3) is 0 Å². The lowest BCUT2D eigenvalue weighted by molar-refractivity contribution is 0.633. The third-order valence-corrected chi connectivity index (χ3v) is 11.2. The van der Waals surface area contributed by atoms with Crippen molar-refractivity contribution in [1.82, 2.24) is 4.57 Å². The molecule has 9 rings (SSSR count). The van der Waals surface area contributed by atoms with Crippen molar-refractivity contribution in [3.63, 3.8) is 0 Å². The molecule has 5 aromatic carbocycles. The fourth-order valence-corrected chi connectivity index (χ4v) is 9.17. The van der Waals surface area contributed by atoms with Gasteiger partial charge in [-0.15, -0.1) is 0 Å². The average Bonchev–Trinajstić information content (AvgIpc) is 3.39. The minimum Gasteiger partial charge on any atom is -0.313 e. The highest BCUT2D eigenvalue weighted by atomic mass is 15.0. The Morgan fingerprint density at radius 2 is 1.23 bits per heavy atom. The number of benzene rings is 5. The molecule has 2 aliphatic heterocycles.